The van der Waals surface area contributed by atoms with Gasteiger partial charge in [-0.2, -0.15) is 5.10 Å². The van der Waals surface area contributed by atoms with Crippen LogP contribution in [0.3, 0.4) is 0 Å². The van der Waals surface area contributed by atoms with E-state index in [4.69, 9.17) is 4.74 Å². The minimum Gasteiger partial charge on any atom is -0.378 e. The van der Waals surface area contributed by atoms with Gasteiger partial charge in [0, 0.05) is 31.3 Å². The Labute approximate surface area is 132 Å². The first kappa shape index (κ1) is 15.5. The Balaban J connectivity index is 1.60. The van der Waals surface area contributed by atoms with Crippen LogP contribution < -0.4 is 5.32 Å². The second-order valence-corrected chi connectivity index (χ2v) is 6.79. The third-order valence-electron chi connectivity index (χ3n) is 5.40. The van der Waals surface area contributed by atoms with Crippen LogP contribution in [0.2, 0.25) is 0 Å². The van der Waals surface area contributed by atoms with Crippen molar-refractivity contribution >= 4 is 5.91 Å². The molecule has 2 saturated carbocycles. The first-order chi connectivity index (χ1) is 10.6. The number of carbonyl (C=O) groups excluding carboxylic acids is 1. The van der Waals surface area contributed by atoms with E-state index in [1.165, 1.54) is 32.1 Å². The van der Waals surface area contributed by atoms with Crippen LogP contribution in [0.15, 0.2) is 12.4 Å². The highest BCUT2D eigenvalue weighted by Crippen LogP contribution is 2.53. The first-order valence-corrected chi connectivity index (χ1v) is 8.52. The Kier molecular flexibility index (Phi) is 4.52. The molecule has 0 radical (unpaired) electrons. The molecular formula is C17H27N3O2. The van der Waals surface area contributed by atoms with E-state index in [-0.39, 0.29) is 17.4 Å². The molecule has 2 aliphatic rings. The fourth-order valence-corrected chi connectivity index (χ4v) is 4.26. The SMILES string of the molecule is CCO[C@H]1C[C@H](NC(=O)Cc2cnn(C)c2)C12CCCCC2. The number of nitrogens with one attached hydrogen (secondary N) is 1. The molecule has 2 aliphatic carbocycles. The fraction of sp³-hybridized carbons (Fsp3) is 0.765. The molecule has 1 aromatic rings. The van der Waals surface area contributed by atoms with Gasteiger partial charge in [-0.1, -0.05) is 19.3 Å². The van der Waals surface area contributed by atoms with E-state index >= 15 is 0 Å². The van der Waals surface area contributed by atoms with Crippen molar-refractivity contribution in [2.75, 3.05) is 6.61 Å². The van der Waals surface area contributed by atoms with Crippen LogP contribution >= 0.6 is 0 Å². The highest BCUT2D eigenvalue weighted by molar-refractivity contribution is 5.79. The van der Waals surface area contributed by atoms with Crippen molar-refractivity contribution in [1.29, 1.82) is 0 Å². The molecule has 1 aromatic heterocycles. The van der Waals surface area contributed by atoms with Gasteiger partial charge in [0.2, 0.25) is 5.91 Å². The van der Waals surface area contributed by atoms with Crippen molar-refractivity contribution in [1.82, 2.24) is 15.1 Å². The lowest BCUT2D eigenvalue weighted by Gasteiger charge is -2.57. The smallest absolute Gasteiger partial charge is 0.224 e. The minimum atomic E-state index is 0.109. The maximum absolute atomic E-state index is 12.3. The zero-order valence-electron chi connectivity index (χ0n) is 13.7. The van der Waals surface area contributed by atoms with Crippen molar-refractivity contribution in [3.63, 3.8) is 0 Å². The Bertz CT molecular complexity index is 520. The lowest BCUT2D eigenvalue weighted by molar-refractivity contribution is -0.156. The quantitative estimate of drug-likeness (QED) is 0.907. The predicted octanol–water partition coefficient (Wildman–Crippen LogP) is 2.21. The normalized spacial score (nSPS) is 26.6. The standard InChI is InChI=1S/C17H27N3O2/c1-3-22-15-10-14(17(15)7-5-4-6-8-17)19-16(21)9-13-11-18-20(2)12-13/h11-12,14-15H,3-10H2,1-2H3,(H,19,21)/t14-,15-/m0/s1. The Morgan fingerprint density at radius 1 is 1.45 bits per heavy atom. The third-order valence-corrected chi connectivity index (χ3v) is 5.40. The predicted molar refractivity (Wildman–Crippen MR) is 84.4 cm³/mol. The second kappa shape index (κ2) is 6.41. The van der Waals surface area contributed by atoms with Crippen molar-refractivity contribution in [3.05, 3.63) is 18.0 Å². The molecule has 1 spiro atoms. The molecule has 1 N–H and O–H groups in total. The molecule has 3 rings (SSSR count). The summed E-state index contributed by atoms with van der Waals surface area (Å²) in [6, 6.07) is 0.286. The summed E-state index contributed by atoms with van der Waals surface area (Å²) in [5.41, 5.74) is 1.16. The van der Waals surface area contributed by atoms with Crippen LogP contribution in [0.5, 0.6) is 0 Å². The van der Waals surface area contributed by atoms with Gasteiger partial charge in [0.1, 0.15) is 0 Å². The molecule has 5 heteroatoms. The average Bonchev–Trinajstić information content (AvgIpc) is 2.92. The van der Waals surface area contributed by atoms with Gasteiger partial charge in [0.05, 0.1) is 18.7 Å². The number of aromatic nitrogens is 2. The van der Waals surface area contributed by atoms with Crippen LogP contribution in [0.25, 0.3) is 0 Å². The summed E-state index contributed by atoms with van der Waals surface area (Å²) in [6.07, 6.45) is 11.6. The number of amides is 1. The van der Waals surface area contributed by atoms with Gasteiger partial charge < -0.3 is 10.1 Å². The lowest BCUT2D eigenvalue weighted by Crippen LogP contribution is -2.65. The molecule has 2 fully saturated rings. The number of rotatable bonds is 5. The van der Waals surface area contributed by atoms with Gasteiger partial charge in [0.25, 0.3) is 0 Å². The van der Waals surface area contributed by atoms with E-state index in [0.717, 1.165) is 18.6 Å². The molecule has 0 bridgehead atoms. The van der Waals surface area contributed by atoms with E-state index in [0.29, 0.717) is 12.5 Å². The van der Waals surface area contributed by atoms with E-state index in [9.17, 15) is 4.79 Å². The van der Waals surface area contributed by atoms with Crippen LogP contribution in [0.4, 0.5) is 0 Å². The molecule has 0 saturated heterocycles. The van der Waals surface area contributed by atoms with Crippen molar-refractivity contribution in [2.24, 2.45) is 12.5 Å². The lowest BCUT2D eigenvalue weighted by atomic mass is 9.55. The van der Waals surface area contributed by atoms with Crippen molar-refractivity contribution in [3.8, 4) is 0 Å². The van der Waals surface area contributed by atoms with Gasteiger partial charge >= 0.3 is 0 Å². The van der Waals surface area contributed by atoms with E-state index in [1.54, 1.807) is 10.9 Å². The third kappa shape index (κ3) is 2.91. The summed E-state index contributed by atoms with van der Waals surface area (Å²) in [5.74, 6) is 0.109. The van der Waals surface area contributed by atoms with Gasteiger partial charge in [-0.25, -0.2) is 0 Å². The monoisotopic (exact) mass is 305 g/mol. The van der Waals surface area contributed by atoms with E-state index in [2.05, 4.69) is 17.3 Å². The maximum Gasteiger partial charge on any atom is 0.224 e. The fourth-order valence-electron chi connectivity index (χ4n) is 4.26. The summed E-state index contributed by atoms with van der Waals surface area (Å²) in [7, 11) is 1.87. The molecule has 5 nitrogen and oxygen atoms in total. The average molecular weight is 305 g/mol. The van der Waals surface area contributed by atoms with Crippen LogP contribution in [0.1, 0.15) is 51.0 Å². The maximum atomic E-state index is 12.3. The highest BCUT2D eigenvalue weighted by Gasteiger charge is 2.56. The number of hydrogen-bond acceptors (Lipinski definition) is 3. The minimum absolute atomic E-state index is 0.109. The number of hydrogen-bond donors (Lipinski definition) is 1. The van der Waals surface area contributed by atoms with E-state index in [1.807, 2.05) is 13.2 Å². The summed E-state index contributed by atoms with van der Waals surface area (Å²) < 4.78 is 7.68. The number of nitrogens with zero attached hydrogens (tertiary/aromatic N) is 2. The molecular weight excluding hydrogens is 278 g/mol. The molecule has 122 valence electrons. The number of ether oxygens (including phenoxy) is 1. The zero-order chi connectivity index (χ0) is 15.6. The molecule has 0 aromatic carbocycles. The Morgan fingerprint density at radius 2 is 2.23 bits per heavy atom. The highest BCUT2D eigenvalue weighted by atomic mass is 16.5. The van der Waals surface area contributed by atoms with Crippen molar-refractivity contribution < 1.29 is 9.53 Å². The van der Waals surface area contributed by atoms with Crippen molar-refractivity contribution in [2.45, 2.75) is 64.0 Å². The second-order valence-electron chi connectivity index (χ2n) is 6.79. The van der Waals surface area contributed by atoms with Crippen LogP contribution in [-0.4, -0.2) is 34.4 Å². The zero-order valence-corrected chi connectivity index (χ0v) is 13.7. The summed E-state index contributed by atoms with van der Waals surface area (Å²) in [4.78, 5) is 12.3. The van der Waals surface area contributed by atoms with Crippen LogP contribution in [-0.2, 0) is 23.0 Å². The largest absolute Gasteiger partial charge is 0.378 e. The Hall–Kier alpha value is -1.36. The molecule has 1 amide bonds. The van der Waals surface area contributed by atoms with Gasteiger partial charge in [-0.05, 0) is 31.7 Å². The Morgan fingerprint density at radius 3 is 2.86 bits per heavy atom. The summed E-state index contributed by atoms with van der Waals surface area (Å²) in [6.45, 7) is 2.83. The van der Waals surface area contributed by atoms with Gasteiger partial charge in [-0.3, -0.25) is 9.48 Å². The summed E-state index contributed by atoms with van der Waals surface area (Å²) in [5, 5.41) is 7.39. The number of carbonyl (C=O) groups is 1. The summed E-state index contributed by atoms with van der Waals surface area (Å²) >= 11 is 0. The van der Waals surface area contributed by atoms with Crippen LogP contribution in [0, 0.1) is 5.41 Å². The molecule has 0 unspecified atom stereocenters. The van der Waals surface area contributed by atoms with Gasteiger partial charge in [-0.15, -0.1) is 0 Å². The molecule has 1 heterocycles. The number of aryl methyl sites for hydroxylation is 1. The van der Waals surface area contributed by atoms with Gasteiger partial charge in [0.15, 0.2) is 0 Å². The molecule has 22 heavy (non-hydrogen) atoms. The molecule has 0 aliphatic heterocycles. The first-order valence-electron chi connectivity index (χ1n) is 8.52. The van der Waals surface area contributed by atoms with E-state index < -0.39 is 0 Å². The topological polar surface area (TPSA) is 56.1 Å². The molecule has 2 atom stereocenters.